The summed E-state index contributed by atoms with van der Waals surface area (Å²) in [6.45, 7) is 2.26. The van der Waals surface area contributed by atoms with E-state index in [0.717, 1.165) is 10.5 Å². The molecule has 98 valence electrons. The Morgan fingerprint density at radius 2 is 1.68 bits per heavy atom. The van der Waals surface area contributed by atoms with Crippen LogP contribution in [0.5, 0.6) is 0 Å². The summed E-state index contributed by atoms with van der Waals surface area (Å²) in [5.41, 5.74) is 1.22. The Morgan fingerprint density at radius 1 is 1.11 bits per heavy atom. The fraction of sp³-hybridized carbons (Fsp3) is 0.214. The molecule has 2 rings (SSSR count). The highest BCUT2D eigenvalue weighted by Crippen LogP contribution is 2.12. The molecule has 1 aliphatic heterocycles. The quantitative estimate of drug-likeness (QED) is 0.603. The van der Waals surface area contributed by atoms with Crippen LogP contribution in [-0.4, -0.2) is 29.3 Å². The third-order valence-electron chi connectivity index (χ3n) is 2.71. The van der Waals surface area contributed by atoms with Gasteiger partial charge in [-0.3, -0.25) is 14.5 Å². The van der Waals surface area contributed by atoms with E-state index in [4.69, 9.17) is 4.74 Å². The molecule has 0 atom stereocenters. The van der Waals surface area contributed by atoms with Crippen LogP contribution in [0.4, 0.5) is 0 Å². The lowest BCUT2D eigenvalue weighted by Crippen LogP contribution is -2.29. The summed E-state index contributed by atoms with van der Waals surface area (Å²) >= 11 is 0. The number of ether oxygens (including phenoxy) is 1. The standard InChI is InChI=1S/C14H13NO4/c1-2-19-14(18)11-5-3-10(4-6-11)9-15-12(16)7-8-13(15)17/h3-8H,2,9H2,1H3. The van der Waals surface area contributed by atoms with Gasteiger partial charge in [0.25, 0.3) is 11.8 Å². The summed E-state index contributed by atoms with van der Waals surface area (Å²) in [4.78, 5) is 35.4. The molecule has 0 unspecified atom stereocenters. The smallest absolute Gasteiger partial charge is 0.338 e. The molecule has 5 heteroatoms. The van der Waals surface area contributed by atoms with Crippen molar-refractivity contribution in [1.29, 1.82) is 0 Å². The van der Waals surface area contributed by atoms with Crippen LogP contribution >= 0.6 is 0 Å². The molecule has 0 N–H and O–H groups in total. The maximum Gasteiger partial charge on any atom is 0.338 e. The minimum atomic E-state index is -0.385. The molecule has 0 aromatic heterocycles. The molecule has 1 heterocycles. The van der Waals surface area contributed by atoms with Gasteiger partial charge in [0.05, 0.1) is 18.7 Å². The van der Waals surface area contributed by atoms with E-state index < -0.39 is 0 Å². The summed E-state index contributed by atoms with van der Waals surface area (Å²) in [6, 6.07) is 6.63. The summed E-state index contributed by atoms with van der Waals surface area (Å²) in [5, 5.41) is 0. The van der Waals surface area contributed by atoms with Gasteiger partial charge in [0.2, 0.25) is 0 Å². The lowest BCUT2D eigenvalue weighted by atomic mass is 10.1. The second kappa shape index (κ2) is 5.48. The molecule has 0 bridgehead atoms. The van der Waals surface area contributed by atoms with Crippen LogP contribution in [0.2, 0.25) is 0 Å². The third kappa shape index (κ3) is 2.88. The molecule has 1 aromatic carbocycles. The number of carbonyl (C=O) groups is 3. The number of esters is 1. The van der Waals surface area contributed by atoms with Crippen LogP contribution in [0.25, 0.3) is 0 Å². The minimum Gasteiger partial charge on any atom is -0.462 e. The Bertz CT molecular complexity index is 527. The van der Waals surface area contributed by atoms with Crippen LogP contribution in [0, 0.1) is 0 Å². The van der Waals surface area contributed by atoms with Gasteiger partial charge in [-0.25, -0.2) is 4.79 Å². The first kappa shape index (κ1) is 13.0. The molecule has 0 aliphatic carbocycles. The van der Waals surface area contributed by atoms with Crippen LogP contribution in [0.15, 0.2) is 36.4 Å². The van der Waals surface area contributed by atoms with Crippen molar-refractivity contribution in [3.63, 3.8) is 0 Å². The van der Waals surface area contributed by atoms with Gasteiger partial charge in [-0.2, -0.15) is 0 Å². The Morgan fingerprint density at radius 3 is 2.21 bits per heavy atom. The average molecular weight is 259 g/mol. The first-order chi connectivity index (χ1) is 9.11. The van der Waals surface area contributed by atoms with Crippen molar-refractivity contribution in [3.8, 4) is 0 Å². The second-order valence-electron chi connectivity index (χ2n) is 4.01. The molecular formula is C14H13NO4. The summed E-state index contributed by atoms with van der Waals surface area (Å²) in [7, 11) is 0. The molecule has 5 nitrogen and oxygen atoms in total. The lowest BCUT2D eigenvalue weighted by molar-refractivity contribution is -0.137. The van der Waals surface area contributed by atoms with Gasteiger partial charge in [-0.05, 0) is 24.6 Å². The van der Waals surface area contributed by atoms with E-state index >= 15 is 0 Å². The van der Waals surface area contributed by atoms with E-state index in [1.165, 1.54) is 12.2 Å². The van der Waals surface area contributed by atoms with Crippen molar-refractivity contribution < 1.29 is 19.1 Å². The van der Waals surface area contributed by atoms with Gasteiger partial charge in [0, 0.05) is 12.2 Å². The Kier molecular flexibility index (Phi) is 3.75. The maximum atomic E-state index is 11.5. The van der Waals surface area contributed by atoms with Crippen LogP contribution in [-0.2, 0) is 20.9 Å². The first-order valence-electron chi connectivity index (χ1n) is 5.91. The number of carbonyl (C=O) groups excluding carboxylic acids is 3. The summed E-state index contributed by atoms with van der Waals surface area (Å²) in [6.07, 6.45) is 2.49. The number of nitrogens with zero attached hydrogens (tertiary/aromatic N) is 1. The molecule has 19 heavy (non-hydrogen) atoms. The van der Waals surface area contributed by atoms with Crippen LogP contribution < -0.4 is 0 Å². The minimum absolute atomic E-state index is 0.202. The molecule has 0 saturated carbocycles. The molecule has 0 fully saturated rings. The lowest BCUT2D eigenvalue weighted by Gasteiger charge is -2.13. The number of hydrogen-bond donors (Lipinski definition) is 0. The molecule has 1 aromatic rings. The highest BCUT2D eigenvalue weighted by Gasteiger charge is 2.23. The van der Waals surface area contributed by atoms with E-state index in [-0.39, 0.29) is 24.3 Å². The zero-order valence-corrected chi connectivity index (χ0v) is 10.5. The van der Waals surface area contributed by atoms with Crippen molar-refractivity contribution in [3.05, 3.63) is 47.5 Å². The van der Waals surface area contributed by atoms with Gasteiger partial charge in [0.1, 0.15) is 0 Å². The van der Waals surface area contributed by atoms with Gasteiger partial charge < -0.3 is 4.74 Å². The average Bonchev–Trinajstić information content (AvgIpc) is 2.72. The second-order valence-corrected chi connectivity index (χ2v) is 4.01. The zero-order valence-electron chi connectivity index (χ0n) is 10.5. The largest absolute Gasteiger partial charge is 0.462 e. The normalized spacial score (nSPS) is 14.1. The summed E-state index contributed by atoms with van der Waals surface area (Å²) < 4.78 is 4.87. The first-order valence-corrected chi connectivity index (χ1v) is 5.91. The van der Waals surface area contributed by atoms with Crippen molar-refractivity contribution in [2.45, 2.75) is 13.5 Å². The molecule has 0 radical (unpaired) electrons. The monoisotopic (exact) mass is 259 g/mol. The van der Waals surface area contributed by atoms with Crippen molar-refractivity contribution in [1.82, 2.24) is 4.90 Å². The molecule has 2 amide bonds. The number of imide groups is 1. The Labute approximate surface area is 110 Å². The highest BCUT2D eigenvalue weighted by molar-refractivity contribution is 6.12. The molecule has 0 saturated heterocycles. The fourth-order valence-corrected chi connectivity index (χ4v) is 1.73. The molecule has 1 aliphatic rings. The molecule has 0 spiro atoms. The number of rotatable bonds is 4. The van der Waals surface area contributed by atoms with Gasteiger partial charge >= 0.3 is 5.97 Å². The highest BCUT2D eigenvalue weighted by atomic mass is 16.5. The molecular weight excluding hydrogens is 246 g/mol. The Hall–Kier alpha value is -2.43. The fourth-order valence-electron chi connectivity index (χ4n) is 1.73. The van der Waals surface area contributed by atoms with Crippen molar-refractivity contribution in [2.24, 2.45) is 0 Å². The van der Waals surface area contributed by atoms with Crippen LogP contribution in [0.1, 0.15) is 22.8 Å². The SMILES string of the molecule is CCOC(=O)c1ccc(CN2C(=O)C=CC2=O)cc1. The predicted octanol–water partition coefficient (Wildman–Crippen LogP) is 1.29. The van der Waals surface area contributed by atoms with Gasteiger partial charge in [0.15, 0.2) is 0 Å². The predicted molar refractivity (Wildman–Crippen MR) is 67.1 cm³/mol. The Balaban J connectivity index is 2.05. The number of benzene rings is 1. The van der Waals surface area contributed by atoms with Gasteiger partial charge in [-0.1, -0.05) is 12.1 Å². The summed E-state index contributed by atoms with van der Waals surface area (Å²) in [5.74, 6) is -1.03. The van der Waals surface area contributed by atoms with E-state index in [1.54, 1.807) is 31.2 Å². The topological polar surface area (TPSA) is 63.7 Å². The number of hydrogen-bond acceptors (Lipinski definition) is 4. The van der Waals surface area contributed by atoms with E-state index in [0.29, 0.717) is 12.2 Å². The number of amides is 2. The van der Waals surface area contributed by atoms with Crippen LogP contribution in [0.3, 0.4) is 0 Å². The maximum absolute atomic E-state index is 11.5. The van der Waals surface area contributed by atoms with Crippen molar-refractivity contribution in [2.75, 3.05) is 6.61 Å². The van der Waals surface area contributed by atoms with E-state index in [2.05, 4.69) is 0 Å². The van der Waals surface area contributed by atoms with E-state index in [9.17, 15) is 14.4 Å². The zero-order chi connectivity index (χ0) is 13.8. The third-order valence-corrected chi connectivity index (χ3v) is 2.71. The van der Waals surface area contributed by atoms with E-state index in [1.807, 2.05) is 0 Å². The van der Waals surface area contributed by atoms with Gasteiger partial charge in [-0.15, -0.1) is 0 Å². The van der Waals surface area contributed by atoms with Crippen molar-refractivity contribution >= 4 is 17.8 Å².